The van der Waals surface area contributed by atoms with Crippen molar-refractivity contribution in [2.75, 3.05) is 26.4 Å². The van der Waals surface area contributed by atoms with E-state index in [4.69, 9.17) is 18.5 Å². The van der Waals surface area contributed by atoms with Gasteiger partial charge in [-0.3, -0.25) is 18.6 Å². The van der Waals surface area contributed by atoms with E-state index >= 15 is 0 Å². The Morgan fingerprint density at radius 2 is 0.804 bits per heavy atom. The monoisotopic (exact) mass is 813 g/mol. The number of phosphoric acid groups is 1. The SMILES string of the molecule is CCCC/C=C\C/C=C\CCCCCCCC(=O)OC(CO)COP(=O)(O)OCC(CO)OC(=O)CCCCCCCCCCC/C=C\C/C=C\CCCCC. The third kappa shape index (κ3) is 38.8. The molecule has 0 amide bonds. The molecule has 0 aromatic heterocycles. The first-order chi connectivity index (χ1) is 27.3. The van der Waals surface area contributed by atoms with E-state index in [2.05, 4.69) is 62.5 Å². The van der Waals surface area contributed by atoms with E-state index in [-0.39, 0.29) is 12.8 Å². The van der Waals surface area contributed by atoms with E-state index in [1.807, 2.05) is 0 Å². The molecule has 3 atom stereocenters. The molecule has 0 rings (SSSR count). The number of aliphatic hydroxyl groups is 2. The van der Waals surface area contributed by atoms with Crippen LogP contribution >= 0.6 is 7.82 Å². The summed E-state index contributed by atoms with van der Waals surface area (Å²) in [5, 5.41) is 19.2. The largest absolute Gasteiger partial charge is 0.472 e. The van der Waals surface area contributed by atoms with Crippen molar-refractivity contribution in [3.8, 4) is 0 Å². The second-order valence-corrected chi connectivity index (χ2v) is 16.1. The Bertz CT molecular complexity index is 1070. The smallest absolute Gasteiger partial charge is 0.457 e. The normalized spacial score (nSPS) is 14.3. The van der Waals surface area contributed by atoms with Crippen LogP contribution in [0.15, 0.2) is 48.6 Å². The fourth-order valence-electron chi connectivity index (χ4n) is 5.81. The zero-order chi connectivity index (χ0) is 41.2. The first-order valence-corrected chi connectivity index (χ1v) is 23.6. The molecule has 326 valence electrons. The molecule has 0 aromatic carbocycles. The molecule has 10 nitrogen and oxygen atoms in total. The summed E-state index contributed by atoms with van der Waals surface area (Å²) >= 11 is 0. The molecule has 0 saturated carbocycles. The molecule has 0 fully saturated rings. The highest BCUT2D eigenvalue weighted by atomic mass is 31.2. The van der Waals surface area contributed by atoms with Gasteiger partial charge < -0.3 is 24.6 Å². The number of hydrogen-bond acceptors (Lipinski definition) is 9. The summed E-state index contributed by atoms with van der Waals surface area (Å²) in [6.07, 6.45) is 43.6. The van der Waals surface area contributed by atoms with Crippen molar-refractivity contribution in [2.45, 2.75) is 199 Å². The van der Waals surface area contributed by atoms with E-state index < -0.39 is 58.4 Å². The number of ether oxygens (including phenoxy) is 2. The van der Waals surface area contributed by atoms with Crippen molar-refractivity contribution in [1.29, 1.82) is 0 Å². The first-order valence-electron chi connectivity index (χ1n) is 22.1. The molecule has 0 radical (unpaired) electrons. The number of hydrogen-bond donors (Lipinski definition) is 3. The van der Waals surface area contributed by atoms with Gasteiger partial charge in [-0.2, -0.15) is 0 Å². The number of rotatable bonds is 41. The minimum absolute atomic E-state index is 0.175. The molecule has 3 N–H and O–H groups in total. The molecule has 0 aliphatic heterocycles. The highest BCUT2D eigenvalue weighted by Gasteiger charge is 2.27. The number of carbonyl (C=O) groups is 2. The van der Waals surface area contributed by atoms with Gasteiger partial charge in [0.15, 0.2) is 0 Å². The Labute approximate surface area is 341 Å². The van der Waals surface area contributed by atoms with Crippen molar-refractivity contribution < 1.29 is 47.8 Å². The van der Waals surface area contributed by atoms with Gasteiger partial charge in [0.05, 0.1) is 26.4 Å². The van der Waals surface area contributed by atoms with Crippen molar-refractivity contribution in [1.82, 2.24) is 0 Å². The summed E-state index contributed by atoms with van der Waals surface area (Å²) in [7, 11) is -4.64. The average molecular weight is 813 g/mol. The topological polar surface area (TPSA) is 149 Å². The molecule has 0 spiro atoms. The zero-order valence-electron chi connectivity index (χ0n) is 35.3. The molecular formula is C45H81O10P. The van der Waals surface area contributed by atoms with E-state index in [1.165, 1.54) is 70.6 Å². The van der Waals surface area contributed by atoms with Crippen LogP contribution in [0.3, 0.4) is 0 Å². The number of carbonyl (C=O) groups excluding carboxylic acids is 2. The molecule has 0 heterocycles. The Morgan fingerprint density at radius 1 is 0.482 bits per heavy atom. The Kier molecular flexibility index (Phi) is 39.6. The maximum atomic E-state index is 12.4. The van der Waals surface area contributed by atoms with Crippen molar-refractivity contribution >= 4 is 19.8 Å². The van der Waals surface area contributed by atoms with Crippen LogP contribution in [0.2, 0.25) is 0 Å². The number of unbranched alkanes of at least 4 members (excludes halogenated alkanes) is 19. The number of allylic oxidation sites excluding steroid dienone is 8. The molecule has 0 aliphatic rings. The van der Waals surface area contributed by atoms with Gasteiger partial charge in [0.2, 0.25) is 0 Å². The first kappa shape index (κ1) is 53.9. The summed E-state index contributed by atoms with van der Waals surface area (Å²) in [6, 6.07) is 0. The van der Waals surface area contributed by atoms with Gasteiger partial charge in [0, 0.05) is 12.8 Å². The molecule has 0 bridgehead atoms. The summed E-state index contributed by atoms with van der Waals surface area (Å²) < 4.78 is 32.6. The van der Waals surface area contributed by atoms with Crippen LogP contribution in [0.4, 0.5) is 0 Å². The van der Waals surface area contributed by atoms with E-state index in [0.717, 1.165) is 77.0 Å². The number of aliphatic hydroxyl groups excluding tert-OH is 2. The molecule has 0 aliphatic carbocycles. The Hall–Kier alpha value is -2.07. The molecule has 56 heavy (non-hydrogen) atoms. The zero-order valence-corrected chi connectivity index (χ0v) is 36.2. The van der Waals surface area contributed by atoms with Gasteiger partial charge >= 0.3 is 19.8 Å². The maximum Gasteiger partial charge on any atom is 0.472 e. The predicted molar refractivity (Wildman–Crippen MR) is 228 cm³/mol. The lowest BCUT2D eigenvalue weighted by molar-refractivity contribution is -0.153. The Morgan fingerprint density at radius 3 is 1.16 bits per heavy atom. The van der Waals surface area contributed by atoms with Gasteiger partial charge in [-0.25, -0.2) is 4.57 Å². The van der Waals surface area contributed by atoms with Crippen molar-refractivity contribution in [3.63, 3.8) is 0 Å². The lowest BCUT2D eigenvalue weighted by Crippen LogP contribution is -2.28. The van der Waals surface area contributed by atoms with Crippen LogP contribution in [0.25, 0.3) is 0 Å². The Balaban J connectivity index is 3.93. The quantitative estimate of drug-likeness (QED) is 0.0236. The number of esters is 2. The minimum atomic E-state index is -4.64. The van der Waals surface area contributed by atoms with Crippen LogP contribution in [-0.2, 0) is 32.7 Å². The van der Waals surface area contributed by atoms with E-state index in [1.54, 1.807) is 0 Å². The van der Waals surface area contributed by atoms with Crippen LogP contribution in [-0.4, -0.2) is 65.7 Å². The lowest BCUT2D eigenvalue weighted by atomic mass is 10.1. The third-order valence-electron chi connectivity index (χ3n) is 9.26. The summed E-state index contributed by atoms with van der Waals surface area (Å²) in [6.45, 7) is 2.12. The van der Waals surface area contributed by atoms with E-state index in [9.17, 15) is 29.3 Å². The summed E-state index contributed by atoms with van der Waals surface area (Å²) in [5.74, 6) is -1.04. The van der Waals surface area contributed by atoms with Gasteiger partial charge in [0.25, 0.3) is 0 Å². The highest BCUT2D eigenvalue weighted by Crippen LogP contribution is 2.43. The van der Waals surface area contributed by atoms with Crippen molar-refractivity contribution in [3.05, 3.63) is 48.6 Å². The van der Waals surface area contributed by atoms with Crippen LogP contribution < -0.4 is 0 Å². The van der Waals surface area contributed by atoms with Gasteiger partial charge in [-0.05, 0) is 70.6 Å². The molecule has 11 heteroatoms. The summed E-state index contributed by atoms with van der Waals surface area (Å²) in [4.78, 5) is 34.5. The van der Waals surface area contributed by atoms with Crippen LogP contribution in [0.1, 0.15) is 187 Å². The molecule has 0 saturated heterocycles. The highest BCUT2D eigenvalue weighted by molar-refractivity contribution is 7.47. The van der Waals surface area contributed by atoms with E-state index in [0.29, 0.717) is 12.8 Å². The second kappa shape index (κ2) is 41.1. The fraction of sp³-hybridized carbons (Fsp3) is 0.778. The fourth-order valence-corrected chi connectivity index (χ4v) is 6.59. The molecule has 0 aromatic rings. The number of phosphoric ester groups is 1. The average Bonchev–Trinajstić information content (AvgIpc) is 3.19. The lowest BCUT2D eigenvalue weighted by Gasteiger charge is -2.20. The second-order valence-electron chi connectivity index (χ2n) is 14.7. The van der Waals surface area contributed by atoms with Gasteiger partial charge in [-0.1, -0.05) is 152 Å². The maximum absolute atomic E-state index is 12.4. The predicted octanol–water partition coefficient (Wildman–Crippen LogP) is 11.7. The molecular weight excluding hydrogens is 731 g/mol. The van der Waals surface area contributed by atoms with Gasteiger partial charge in [-0.15, -0.1) is 0 Å². The van der Waals surface area contributed by atoms with Crippen LogP contribution in [0, 0.1) is 0 Å². The summed E-state index contributed by atoms with van der Waals surface area (Å²) in [5.41, 5.74) is 0. The minimum Gasteiger partial charge on any atom is -0.457 e. The van der Waals surface area contributed by atoms with Gasteiger partial charge in [0.1, 0.15) is 12.2 Å². The standard InChI is InChI=1S/C45H81O10P/c1-3-5-7-9-11-13-15-17-19-20-21-22-23-25-27-29-31-33-35-37-45(49)55-43(39-47)41-53-56(50,51)52-40-42(38-46)54-44(48)36-34-32-30-28-26-24-18-16-14-12-10-8-6-4-2/h10-13,16-19,42-43,46-47H,3-9,14-15,20-41H2,1-2H3,(H,50,51)/b12-10-,13-11-,18-16-,19-17-. The van der Waals surface area contributed by atoms with Crippen molar-refractivity contribution in [2.24, 2.45) is 0 Å². The third-order valence-corrected chi connectivity index (χ3v) is 10.2. The van der Waals surface area contributed by atoms with Crippen LogP contribution in [0.5, 0.6) is 0 Å². The molecule has 3 unspecified atom stereocenters.